The second-order valence-electron chi connectivity index (χ2n) is 3.02. The van der Waals surface area contributed by atoms with Gasteiger partial charge >= 0.3 is 0 Å². The third kappa shape index (κ3) is 2.33. The maximum absolute atomic E-state index is 4.19. The summed E-state index contributed by atoms with van der Waals surface area (Å²) in [5.74, 6) is 0.862. The number of nitrogens with zero attached hydrogens (tertiary/aromatic N) is 5. The van der Waals surface area contributed by atoms with Crippen LogP contribution in [0.2, 0.25) is 0 Å². The van der Waals surface area contributed by atoms with E-state index in [9.17, 15) is 0 Å². The molecule has 0 radical (unpaired) electrons. The molecule has 0 aliphatic rings. The number of hydrogen-bond acceptors (Lipinski definition) is 4. The highest BCUT2D eigenvalue weighted by Gasteiger charge is 2.08. The Morgan fingerprint density at radius 1 is 1.33 bits per heavy atom. The molecule has 0 saturated carbocycles. The molecule has 0 saturated heterocycles. The maximum Gasteiger partial charge on any atom is 0.186 e. The van der Waals surface area contributed by atoms with E-state index >= 15 is 0 Å². The lowest BCUT2D eigenvalue weighted by Crippen LogP contribution is -1.99. The molecule has 0 atom stereocenters. The van der Waals surface area contributed by atoms with Crippen molar-refractivity contribution >= 4 is 34.4 Å². The first kappa shape index (κ1) is 10.9. The van der Waals surface area contributed by atoms with Crippen molar-refractivity contribution in [1.82, 2.24) is 24.5 Å². The number of thioether (sulfide) groups is 1. The molecule has 5 nitrogen and oxygen atoms in total. The molecule has 0 fully saturated rings. The number of hydrogen-bond donors (Lipinski definition) is 0. The van der Waals surface area contributed by atoms with Gasteiger partial charge in [-0.05, 0) is 22.6 Å². The Labute approximate surface area is 105 Å². The van der Waals surface area contributed by atoms with Gasteiger partial charge in [-0.2, -0.15) is 10.2 Å². The first-order chi connectivity index (χ1) is 7.18. The molecule has 2 aromatic rings. The molecular formula is C8H10IN5S. The van der Waals surface area contributed by atoms with Gasteiger partial charge in [0.05, 0.1) is 15.5 Å². The van der Waals surface area contributed by atoms with E-state index in [-0.39, 0.29) is 0 Å². The molecule has 0 N–H and O–H groups in total. The smallest absolute Gasteiger partial charge is 0.186 e. The Hall–Kier alpha value is -0.570. The van der Waals surface area contributed by atoms with Crippen molar-refractivity contribution in [1.29, 1.82) is 0 Å². The van der Waals surface area contributed by atoms with Crippen molar-refractivity contribution in [3.63, 3.8) is 0 Å². The Balaban J connectivity index is 2.08. The lowest BCUT2D eigenvalue weighted by atomic mass is 10.5. The van der Waals surface area contributed by atoms with Crippen molar-refractivity contribution in [2.24, 2.45) is 14.1 Å². The SMILES string of the molecule is Cn1ncnc1SCc1c(I)cnn1C. The van der Waals surface area contributed by atoms with Crippen LogP contribution in [-0.4, -0.2) is 24.5 Å². The predicted octanol–water partition coefficient (Wildman–Crippen LogP) is 1.45. The highest BCUT2D eigenvalue weighted by atomic mass is 127. The quantitative estimate of drug-likeness (QED) is 0.629. The molecule has 0 spiro atoms. The lowest BCUT2D eigenvalue weighted by molar-refractivity contribution is 0.683. The Kier molecular flexibility index (Phi) is 3.29. The van der Waals surface area contributed by atoms with Crippen molar-refractivity contribution in [3.8, 4) is 0 Å². The molecule has 2 rings (SSSR count). The molecule has 80 valence electrons. The van der Waals surface area contributed by atoms with Crippen LogP contribution >= 0.6 is 34.4 Å². The average Bonchev–Trinajstić information content (AvgIpc) is 2.73. The summed E-state index contributed by atoms with van der Waals surface area (Å²) in [6.07, 6.45) is 3.43. The van der Waals surface area contributed by atoms with E-state index in [1.165, 1.54) is 9.26 Å². The fourth-order valence-corrected chi connectivity index (χ4v) is 3.03. The third-order valence-electron chi connectivity index (χ3n) is 2.02. The summed E-state index contributed by atoms with van der Waals surface area (Å²) in [7, 11) is 3.85. The second kappa shape index (κ2) is 4.52. The molecule has 0 aliphatic carbocycles. The van der Waals surface area contributed by atoms with Gasteiger partial charge in [0.2, 0.25) is 0 Å². The van der Waals surface area contributed by atoms with Crippen molar-refractivity contribution < 1.29 is 0 Å². The van der Waals surface area contributed by atoms with Crippen LogP contribution in [0.15, 0.2) is 17.7 Å². The van der Waals surface area contributed by atoms with Crippen LogP contribution < -0.4 is 0 Å². The van der Waals surface area contributed by atoms with Crippen molar-refractivity contribution in [3.05, 3.63) is 21.8 Å². The van der Waals surface area contributed by atoms with Gasteiger partial charge in [-0.25, -0.2) is 9.67 Å². The Morgan fingerprint density at radius 2 is 2.13 bits per heavy atom. The van der Waals surface area contributed by atoms with E-state index in [0.717, 1.165) is 10.9 Å². The molecule has 15 heavy (non-hydrogen) atoms. The van der Waals surface area contributed by atoms with Gasteiger partial charge in [-0.1, -0.05) is 11.8 Å². The van der Waals surface area contributed by atoms with Gasteiger partial charge in [0.1, 0.15) is 6.33 Å². The maximum atomic E-state index is 4.19. The van der Waals surface area contributed by atoms with E-state index < -0.39 is 0 Å². The number of aromatic nitrogens is 5. The summed E-state index contributed by atoms with van der Waals surface area (Å²) in [6, 6.07) is 0. The van der Waals surface area contributed by atoms with E-state index in [2.05, 4.69) is 37.8 Å². The van der Waals surface area contributed by atoms with Gasteiger partial charge in [0, 0.05) is 19.8 Å². The van der Waals surface area contributed by atoms with E-state index in [1.54, 1.807) is 22.8 Å². The summed E-state index contributed by atoms with van der Waals surface area (Å²) in [5.41, 5.74) is 1.21. The molecule has 2 aromatic heterocycles. The van der Waals surface area contributed by atoms with Gasteiger partial charge in [-0.3, -0.25) is 4.68 Å². The van der Waals surface area contributed by atoms with E-state index in [4.69, 9.17) is 0 Å². The van der Waals surface area contributed by atoms with E-state index in [1.807, 2.05) is 25.0 Å². The van der Waals surface area contributed by atoms with E-state index in [0.29, 0.717) is 0 Å². The van der Waals surface area contributed by atoms with Crippen LogP contribution in [0.1, 0.15) is 5.69 Å². The van der Waals surface area contributed by atoms with Gasteiger partial charge in [0.15, 0.2) is 5.16 Å². The standard InChI is InChI=1S/C8H10IN5S/c1-13-7(6(9)3-11-13)4-15-8-10-5-12-14(8)2/h3,5H,4H2,1-2H3. The first-order valence-electron chi connectivity index (χ1n) is 4.31. The number of rotatable bonds is 3. The number of aryl methyl sites for hydroxylation is 2. The molecule has 0 bridgehead atoms. The summed E-state index contributed by atoms with van der Waals surface area (Å²) < 4.78 is 4.85. The van der Waals surface area contributed by atoms with Crippen LogP contribution in [0, 0.1) is 3.57 Å². The minimum atomic E-state index is 0.862. The van der Waals surface area contributed by atoms with Crippen molar-refractivity contribution in [2.45, 2.75) is 10.9 Å². The lowest BCUT2D eigenvalue weighted by Gasteiger charge is -2.02. The average molecular weight is 335 g/mol. The van der Waals surface area contributed by atoms with Crippen LogP contribution in [-0.2, 0) is 19.8 Å². The Morgan fingerprint density at radius 3 is 2.67 bits per heavy atom. The molecule has 0 unspecified atom stereocenters. The fraction of sp³-hybridized carbons (Fsp3) is 0.375. The highest BCUT2D eigenvalue weighted by molar-refractivity contribution is 14.1. The normalized spacial score (nSPS) is 10.9. The van der Waals surface area contributed by atoms with Gasteiger partial charge in [-0.15, -0.1) is 0 Å². The fourth-order valence-electron chi connectivity index (χ4n) is 1.15. The van der Waals surface area contributed by atoms with Crippen LogP contribution in [0.4, 0.5) is 0 Å². The zero-order valence-corrected chi connectivity index (χ0v) is 11.4. The highest BCUT2D eigenvalue weighted by Crippen LogP contribution is 2.22. The minimum Gasteiger partial charge on any atom is -0.271 e. The summed E-state index contributed by atoms with van der Waals surface area (Å²) in [4.78, 5) is 4.16. The topological polar surface area (TPSA) is 48.5 Å². The Bertz CT molecular complexity index is 444. The number of halogens is 1. The zero-order valence-electron chi connectivity index (χ0n) is 8.38. The summed E-state index contributed by atoms with van der Waals surface area (Å²) in [5, 5.41) is 9.14. The molecule has 0 aliphatic heterocycles. The largest absolute Gasteiger partial charge is 0.271 e. The molecule has 0 aromatic carbocycles. The summed E-state index contributed by atoms with van der Waals surface area (Å²) in [6.45, 7) is 0. The molecule has 0 amide bonds. The second-order valence-corrected chi connectivity index (χ2v) is 5.12. The van der Waals surface area contributed by atoms with Gasteiger partial charge < -0.3 is 0 Å². The molecular weight excluding hydrogens is 325 g/mol. The third-order valence-corrected chi connectivity index (χ3v) is 3.97. The van der Waals surface area contributed by atoms with Gasteiger partial charge in [0.25, 0.3) is 0 Å². The van der Waals surface area contributed by atoms with Crippen LogP contribution in [0.25, 0.3) is 0 Å². The summed E-state index contributed by atoms with van der Waals surface area (Å²) >= 11 is 3.96. The zero-order chi connectivity index (χ0) is 10.8. The molecule has 2 heterocycles. The predicted molar refractivity (Wildman–Crippen MR) is 66.5 cm³/mol. The molecule has 7 heteroatoms. The monoisotopic (exact) mass is 335 g/mol. The first-order valence-corrected chi connectivity index (χ1v) is 6.38. The van der Waals surface area contributed by atoms with Crippen LogP contribution in [0.3, 0.4) is 0 Å². The van der Waals surface area contributed by atoms with Crippen LogP contribution in [0.5, 0.6) is 0 Å². The van der Waals surface area contributed by atoms with Crippen molar-refractivity contribution in [2.75, 3.05) is 0 Å². The minimum absolute atomic E-state index is 0.862.